The lowest BCUT2D eigenvalue weighted by Crippen LogP contribution is -2.45. The summed E-state index contributed by atoms with van der Waals surface area (Å²) < 4.78 is 5.45. The van der Waals surface area contributed by atoms with Crippen LogP contribution in [0.4, 0.5) is 0 Å². The Morgan fingerprint density at radius 2 is 2.30 bits per heavy atom. The molecule has 2 heterocycles. The van der Waals surface area contributed by atoms with E-state index < -0.39 is 0 Å². The first kappa shape index (κ1) is 6.35. The first-order valence-electron chi connectivity index (χ1n) is 3.95. The molecule has 10 heavy (non-hydrogen) atoms. The monoisotopic (exact) mass is 140 g/mol. The molecule has 2 aliphatic heterocycles. The third-order valence-corrected chi connectivity index (χ3v) is 2.66. The molecule has 1 aliphatic carbocycles. The largest absolute Gasteiger partial charge is 0.367 e. The third kappa shape index (κ3) is 0.788. The zero-order valence-corrected chi connectivity index (χ0v) is 6.17. The van der Waals surface area contributed by atoms with Crippen molar-refractivity contribution in [3.63, 3.8) is 0 Å². The average Bonchev–Trinajstić information content (AvgIpc) is 1.91. The van der Waals surface area contributed by atoms with Gasteiger partial charge in [0, 0.05) is 6.42 Å². The molecular formula is C8H12O2. The van der Waals surface area contributed by atoms with Crippen LogP contribution in [0.3, 0.4) is 0 Å². The first-order valence-corrected chi connectivity index (χ1v) is 3.95. The van der Waals surface area contributed by atoms with E-state index in [1.54, 1.807) is 0 Å². The number of carbonyl (C=O) groups is 1. The van der Waals surface area contributed by atoms with Crippen LogP contribution in [0, 0.1) is 5.92 Å². The lowest BCUT2D eigenvalue weighted by Gasteiger charge is -2.39. The topological polar surface area (TPSA) is 26.3 Å². The van der Waals surface area contributed by atoms with Crippen LogP contribution in [-0.4, -0.2) is 18.0 Å². The fourth-order valence-electron chi connectivity index (χ4n) is 1.93. The van der Waals surface area contributed by atoms with E-state index in [0.717, 1.165) is 12.8 Å². The fourth-order valence-corrected chi connectivity index (χ4v) is 1.93. The molecule has 3 atom stereocenters. The van der Waals surface area contributed by atoms with Gasteiger partial charge in [-0.05, 0) is 25.7 Å². The Kier molecular flexibility index (Phi) is 1.31. The highest BCUT2D eigenvalue weighted by atomic mass is 16.5. The smallest absolute Gasteiger partial charge is 0.161 e. The Labute approximate surface area is 60.6 Å². The number of hydrogen-bond acceptors (Lipinski definition) is 2. The summed E-state index contributed by atoms with van der Waals surface area (Å²) in [7, 11) is 0. The third-order valence-electron chi connectivity index (χ3n) is 2.66. The van der Waals surface area contributed by atoms with Crippen LogP contribution in [0.2, 0.25) is 0 Å². The molecule has 3 aliphatic rings. The summed E-state index contributed by atoms with van der Waals surface area (Å²) in [6.07, 6.45) is 3.22. The van der Waals surface area contributed by atoms with E-state index >= 15 is 0 Å². The standard InChI is InChI=1S/C8H12O2/c1-5-6-2-3-8(10-5)7(9)4-6/h5-6,8H,2-4H2,1H3. The fraction of sp³-hybridized carbons (Fsp3) is 0.875. The van der Waals surface area contributed by atoms with E-state index in [1.807, 2.05) is 0 Å². The van der Waals surface area contributed by atoms with Gasteiger partial charge in [0.15, 0.2) is 5.78 Å². The van der Waals surface area contributed by atoms with Crippen LogP contribution in [0.15, 0.2) is 0 Å². The second-order valence-electron chi connectivity index (χ2n) is 3.34. The predicted molar refractivity (Wildman–Crippen MR) is 36.7 cm³/mol. The lowest BCUT2D eigenvalue weighted by atomic mass is 9.80. The van der Waals surface area contributed by atoms with E-state index in [4.69, 9.17) is 4.74 Å². The van der Waals surface area contributed by atoms with Gasteiger partial charge in [0.1, 0.15) is 6.10 Å². The molecule has 3 fully saturated rings. The number of ketones is 1. The van der Waals surface area contributed by atoms with Gasteiger partial charge in [-0.1, -0.05) is 0 Å². The van der Waals surface area contributed by atoms with E-state index in [1.165, 1.54) is 6.42 Å². The van der Waals surface area contributed by atoms with Crippen molar-refractivity contribution in [1.82, 2.24) is 0 Å². The second kappa shape index (κ2) is 2.06. The van der Waals surface area contributed by atoms with Gasteiger partial charge >= 0.3 is 0 Å². The van der Waals surface area contributed by atoms with E-state index in [-0.39, 0.29) is 6.10 Å². The van der Waals surface area contributed by atoms with Crippen LogP contribution in [0.5, 0.6) is 0 Å². The van der Waals surface area contributed by atoms with Gasteiger partial charge in [0.25, 0.3) is 0 Å². The summed E-state index contributed by atoms with van der Waals surface area (Å²) in [4.78, 5) is 11.1. The SMILES string of the molecule is CC1OC2CCC1CC2=O. The van der Waals surface area contributed by atoms with Crippen molar-refractivity contribution < 1.29 is 9.53 Å². The molecule has 2 heteroatoms. The average molecular weight is 140 g/mol. The van der Waals surface area contributed by atoms with Crippen molar-refractivity contribution in [2.75, 3.05) is 0 Å². The minimum absolute atomic E-state index is 0.0417. The van der Waals surface area contributed by atoms with Crippen LogP contribution < -0.4 is 0 Å². The maximum Gasteiger partial charge on any atom is 0.161 e. The lowest BCUT2D eigenvalue weighted by molar-refractivity contribution is -0.159. The Balaban J connectivity index is 2.16. The zero-order valence-electron chi connectivity index (χ0n) is 6.17. The molecule has 0 N–H and O–H groups in total. The quantitative estimate of drug-likeness (QED) is 0.504. The Morgan fingerprint density at radius 1 is 1.50 bits per heavy atom. The molecule has 0 amide bonds. The molecule has 0 spiro atoms. The number of Topliss-reactive ketones (excluding diaryl/α,β-unsaturated/α-hetero) is 1. The zero-order chi connectivity index (χ0) is 7.14. The van der Waals surface area contributed by atoms with Gasteiger partial charge < -0.3 is 4.74 Å². The van der Waals surface area contributed by atoms with E-state index in [9.17, 15) is 4.79 Å². The summed E-state index contributed by atoms with van der Waals surface area (Å²) >= 11 is 0. The van der Waals surface area contributed by atoms with Crippen molar-refractivity contribution in [1.29, 1.82) is 0 Å². The molecule has 3 rings (SSSR count). The summed E-state index contributed by atoms with van der Waals surface area (Å²) in [5.41, 5.74) is 0. The Hall–Kier alpha value is -0.370. The summed E-state index contributed by atoms with van der Waals surface area (Å²) in [5, 5.41) is 0. The van der Waals surface area contributed by atoms with Crippen LogP contribution in [0.25, 0.3) is 0 Å². The molecule has 0 radical (unpaired) electrons. The van der Waals surface area contributed by atoms with Gasteiger partial charge in [0.05, 0.1) is 6.10 Å². The van der Waals surface area contributed by atoms with Gasteiger partial charge in [-0.25, -0.2) is 0 Å². The summed E-state index contributed by atoms with van der Waals surface area (Å²) in [6.45, 7) is 2.07. The van der Waals surface area contributed by atoms with Crippen LogP contribution in [-0.2, 0) is 9.53 Å². The van der Waals surface area contributed by atoms with Crippen molar-refractivity contribution in [2.24, 2.45) is 5.92 Å². The first-order chi connectivity index (χ1) is 4.77. The highest BCUT2D eigenvalue weighted by molar-refractivity contribution is 5.84. The number of carbonyl (C=O) groups excluding carboxylic acids is 1. The molecule has 2 nitrogen and oxygen atoms in total. The molecule has 3 unspecified atom stereocenters. The van der Waals surface area contributed by atoms with Crippen LogP contribution in [0.1, 0.15) is 26.2 Å². The van der Waals surface area contributed by atoms with Gasteiger partial charge in [0.2, 0.25) is 0 Å². The number of hydrogen-bond donors (Lipinski definition) is 0. The minimum Gasteiger partial charge on any atom is -0.367 e. The molecule has 0 aromatic rings. The second-order valence-corrected chi connectivity index (χ2v) is 3.34. The van der Waals surface area contributed by atoms with E-state index in [0.29, 0.717) is 17.8 Å². The van der Waals surface area contributed by atoms with E-state index in [2.05, 4.69) is 6.92 Å². The molecule has 2 bridgehead atoms. The number of fused-ring (bicyclic) bond motifs is 3. The Morgan fingerprint density at radius 3 is 2.60 bits per heavy atom. The molecule has 56 valence electrons. The number of rotatable bonds is 0. The Bertz CT molecular complexity index is 165. The maximum absolute atomic E-state index is 11.1. The van der Waals surface area contributed by atoms with Crippen molar-refractivity contribution in [3.8, 4) is 0 Å². The summed E-state index contributed by atoms with van der Waals surface area (Å²) in [5.74, 6) is 0.854. The molecule has 2 saturated heterocycles. The highest BCUT2D eigenvalue weighted by Gasteiger charge is 2.39. The molecule has 1 saturated carbocycles. The van der Waals surface area contributed by atoms with Gasteiger partial charge in [-0.3, -0.25) is 4.79 Å². The minimum atomic E-state index is -0.0417. The summed E-state index contributed by atoms with van der Waals surface area (Å²) in [6, 6.07) is 0. The normalized spacial score (nSPS) is 46.1. The van der Waals surface area contributed by atoms with Crippen LogP contribution >= 0.6 is 0 Å². The van der Waals surface area contributed by atoms with Crippen molar-refractivity contribution in [2.45, 2.75) is 38.4 Å². The predicted octanol–water partition coefficient (Wildman–Crippen LogP) is 1.14. The maximum atomic E-state index is 11.1. The van der Waals surface area contributed by atoms with Gasteiger partial charge in [-0.15, -0.1) is 0 Å². The number of ether oxygens (including phenoxy) is 1. The van der Waals surface area contributed by atoms with Crippen molar-refractivity contribution >= 4 is 5.78 Å². The van der Waals surface area contributed by atoms with Gasteiger partial charge in [-0.2, -0.15) is 0 Å². The molecule has 0 aromatic carbocycles. The molecule has 0 aromatic heterocycles. The molecular weight excluding hydrogens is 128 g/mol. The highest BCUT2D eigenvalue weighted by Crippen LogP contribution is 2.34. The van der Waals surface area contributed by atoms with Crippen molar-refractivity contribution in [3.05, 3.63) is 0 Å².